The molecule has 0 aliphatic carbocycles. The van der Waals surface area contributed by atoms with Crippen molar-refractivity contribution in [3.05, 3.63) is 28.1 Å². The fraction of sp³-hybridized carbons (Fsp3) is 0.500. The number of hydrogen-bond donors (Lipinski definition) is 0. The zero-order valence-electron chi connectivity index (χ0n) is 12.4. The van der Waals surface area contributed by atoms with Crippen molar-refractivity contribution in [2.75, 3.05) is 0 Å². The van der Waals surface area contributed by atoms with Gasteiger partial charge in [-0.3, -0.25) is 4.79 Å². The number of carboxylic acid groups (broad SMARTS) is 1. The predicted molar refractivity (Wildman–Crippen MR) is 67.1 cm³/mol. The normalized spacial score (nSPS) is 12.1. The lowest BCUT2D eigenvalue weighted by molar-refractivity contribution is -0.255. The number of carbonyl (C=O) groups excluding carboxylic acids is 2. The van der Waals surface area contributed by atoms with Gasteiger partial charge in [0.25, 0.3) is 6.43 Å². The van der Waals surface area contributed by atoms with Gasteiger partial charge in [0.15, 0.2) is 11.5 Å². The second-order valence-corrected chi connectivity index (χ2v) is 5.31. The Balaban J connectivity index is 4.00. The van der Waals surface area contributed by atoms with Crippen molar-refractivity contribution >= 4 is 11.8 Å². The maximum absolute atomic E-state index is 13.1. The first kappa shape index (κ1) is 19.0. The molecule has 0 spiro atoms. The summed E-state index contributed by atoms with van der Waals surface area (Å²) in [7, 11) is 0. The molecule has 128 valence electrons. The van der Waals surface area contributed by atoms with E-state index in [1.54, 1.807) is 13.8 Å². The van der Waals surface area contributed by atoms with Crippen molar-refractivity contribution in [3.63, 3.8) is 0 Å². The topological polar surface area (TPSA) is 70.1 Å². The molecule has 0 atom stereocenters. The Morgan fingerprint density at radius 2 is 1.70 bits per heavy atom. The minimum absolute atomic E-state index is 0.316. The Morgan fingerprint density at radius 1 is 1.17 bits per heavy atom. The van der Waals surface area contributed by atoms with Crippen LogP contribution in [0.15, 0.2) is 0 Å². The zero-order valence-corrected chi connectivity index (χ0v) is 12.4. The van der Waals surface area contributed by atoms with Gasteiger partial charge in [0.05, 0.1) is 11.5 Å². The molecule has 0 saturated carbocycles. The SMILES string of the molecule is CC(=O)c1c(C(F)(F)F)nc(C(F)F)c(C(=O)[O-])c1CC(C)C. The van der Waals surface area contributed by atoms with Crippen LogP contribution < -0.4 is 5.11 Å². The van der Waals surface area contributed by atoms with Crippen LogP contribution in [0.4, 0.5) is 22.0 Å². The van der Waals surface area contributed by atoms with Crippen molar-refractivity contribution in [1.82, 2.24) is 4.98 Å². The first-order valence-electron chi connectivity index (χ1n) is 6.52. The van der Waals surface area contributed by atoms with E-state index in [0.717, 1.165) is 6.92 Å². The summed E-state index contributed by atoms with van der Waals surface area (Å²) >= 11 is 0. The molecule has 0 amide bonds. The molecule has 0 N–H and O–H groups in total. The number of aromatic nitrogens is 1. The highest BCUT2D eigenvalue weighted by molar-refractivity contribution is 6.01. The number of aromatic carboxylic acids is 1. The van der Waals surface area contributed by atoms with E-state index < -0.39 is 52.4 Å². The van der Waals surface area contributed by atoms with Gasteiger partial charge in [0.1, 0.15) is 5.69 Å². The Kier molecular flexibility index (Phi) is 5.44. The third kappa shape index (κ3) is 4.02. The van der Waals surface area contributed by atoms with Crippen LogP contribution >= 0.6 is 0 Å². The van der Waals surface area contributed by atoms with Crippen molar-refractivity contribution in [2.24, 2.45) is 5.92 Å². The Labute approximate surface area is 128 Å². The van der Waals surface area contributed by atoms with E-state index in [2.05, 4.69) is 4.98 Å². The molecule has 1 heterocycles. The van der Waals surface area contributed by atoms with Crippen LogP contribution in [0, 0.1) is 5.92 Å². The Bertz CT molecular complexity index is 638. The molecule has 9 heteroatoms. The molecule has 1 rings (SSSR count). The largest absolute Gasteiger partial charge is 0.545 e. The summed E-state index contributed by atoms with van der Waals surface area (Å²) < 4.78 is 65.2. The van der Waals surface area contributed by atoms with Crippen molar-refractivity contribution in [2.45, 2.75) is 39.8 Å². The summed E-state index contributed by atoms with van der Waals surface area (Å²) in [5.74, 6) is -3.59. The van der Waals surface area contributed by atoms with Gasteiger partial charge in [-0.25, -0.2) is 13.8 Å². The number of rotatable bonds is 5. The molecule has 0 aromatic carbocycles. The van der Waals surface area contributed by atoms with Crippen LogP contribution in [-0.2, 0) is 12.6 Å². The maximum atomic E-state index is 13.1. The molecule has 0 aliphatic heterocycles. The number of ketones is 1. The standard InChI is InChI=1S/C14H14F5NO3/c1-5(2)4-7-8(6(3)21)11(14(17,18)19)20-10(12(15)16)9(7)13(22)23/h5,12H,4H2,1-3H3,(H,22,23)/p-1. The second-order valence-electron chi connectivity index (χ2n) is 5.31. The molecule has 23 heavy (non-hydrogen) atoms. The molecule has 0 aliphatic rings. The van der Waals surface area contributed by atoms with Crippen LogP contribution in [-0.4, -0.2) is 16.7 Å². The highest BCUT2D eigenvalue weighted by atomic mass is 19.4. The monoisotopic (exact) mass is 338 g/mol. The van der Waals surface area contributed by atoms with Gasteiger partial charge in [-0.2, -0.15) is 13.2 Å². The summed E-state index contributed by atoms with van der Waals surface area (Å²) in [6.07, 6.45) is -9.05. The molecular formula is C14H13F5NO3-. The molecule has 4 nitrogen and oxygen atoms in total. The van der Waals surface area contributed by atoms with E-state index >= 15 is 0 Å². The third-order valence-electron chi connectivity index (χ3n) is 2.97. The number of halogens is 5. The van der Waals surface area contributed by atoms with E-state index in [-0.39, 0.29) is 12.3 Å². The van der Waals surface area contributed by atoms with E-state index in [0.29, 0.717) is 0 Å². The first-order chi connectivity index (χ1) is 10.4. The lowest BCUT2D eigenvalue weighted by Gasteiger charge is -2.22. The molecule has 0 radical (unpaired) electrons. The molecular weight excluding hydrogens is 325 g/mol. The Morgan fingerprint density at radius 3 is 2.00 bits per heavy atom. The Hall–Kier alpha value is -2.06. The van der Waals surface area contributed by atoms with Crippen LogP contribution in [0.5, 0.6) is 0 Å². The fourth-order valence-corrected chi connectivity index (χ4v) is 2.24. The van der Waals surface area contributed by atoms with E-state index in [1.165, 1.54) is 0 Å². The van der Waals surface area contributed by atoms with Gasteiger partial charge in [0, 0.05) is 5.56 Å². The number of carboxylic acids is 1. The van der Waals surface area contributed by atoms with Gasteiger partial charge in [-0.15, -0.1) is 0 Å². The molecule has 0 fully saturated rings. The van der Waals surface area contributed by atoms with Gasteiger partial charge in [-0.05, 0) is 24.8 Å². The van der Waals surface area contributed by atoms with Crippen molar-refractivity contribution in [3.8, 4) is 0 Å². The number of carbonyl (C=O) groups is 2. The maximum Gasteiger partial charge on any atom is 0.434 e. The smallest absolute Gasteiger partial charge is 0.434 e. The molecule has 0 bridgehead atoms. The zero-order chi connectivity index (χ0) is 18.1. The van der Waals surface area contributed by atoms with Crippen molar-refractivity contribution in [1.29, 1.82) is 0 Å². The van der Waals surface area contributed by atoms with Gasteiger partial charge < -0.3 is 9.90 Å². The lowest BCUT2D eigenvalue weighted by atomic mass is 9.89. The van der Waals surface area contributed by atoms with Gasteiger partial charge >= 0.3 is 6.18 Å². The van der Waals surface area contributed by atoms with E-state index in [9.17, 15) is 36.6 Å². The highest BCUT2D eigenvalue weighted by Gasteiger charge is 2.40. The summed E-state index contributed by atoms with van der Waals surface area (Å²) in [5.41, 5.74) is -6.12. The number of Topliss-reactive ketones (excluding diaryl/α,β-unsaturated/α-hetero) is 1. The second kappa shape index (κ2) is 6.59. The number of nitrogens with zero attached hydrogens (tertiary/aromatic N) is 1. The number of alkyl halides is 5. The van der Waals surface area contributed by atoms with Gasteiger partial charge in [0.2, 0.25) is 0 Å². The summed E-state index contributed by atoms with van der Waals surface area (Å²) in [6.45, 7) is 3.87. The lowest BCUT2D eigenvalue weighted by Crippen LogP contribution is -2.30. The highest BCUT2D eigenvalue weighted by Crippen LogP contribution is 2.37. The van der Waals surface area contributed by atoms with E-state index in [4.69, 9.17) is 0 Å². The molecule has 0 unspecified atom stereocenters. The number of pyridine rings is 1. The minimum atomic E-state index is -5.18. The fourth-order valence-electron chi connectivity index (χ4n) is 2.24. The average Bonchev–Trinajstić information content (AvgIpc) is 2.34. The van der Waals surface area contributed by atoms with Crippen LogP contribution in [0.2, 0.25) is 0 Å². The van der Waals surface area contributed by atoms with Crippen LogP contribution in [0.25, 0.3) is 0 Å². The van der Waals surface area contributed by atoms with Crippen LogP contribution in [0.3, 0.4) is 0 Å². The quantitative estimate of drug-likeness (QED) is 0.611. The summed E-state index contributed by atoms with van der Waals surface area (Å²) in [5, 5.41) is 11.2. The minimum Gasteiger partial charge on any atom is -0.545 e. The summed E-state index contributed by atoms with van der Waals surface area (Å²) in [6, 6.07) is 0. The summed E-state index contributed by atoms with van der Waals surface area (Å²) in [4.78, 5) is 25.6. The number of hydrogen-bond acceptors (Lipinski definition) is 4. The molecule has 0 saturated heterocycles. The van der Waals surface area contributed by atoms with Gasteiger partial charge in [-0.1, -0.05) is 13.8 Å². The average molecular weight is 338 g/mol. The molecule has 1 aromatic rings. The van der Waals surface area contributed by atoms with Crippen LogP contribution in [0.1, 0.15) is 64.9 Å². The molecule has 1 aromatic heterocycles. The van der Waals surface area contributed by atoms with E-state index in [1.807, 2.05) is 0 Å². The first-order valence-corrected chi connectivity index (χ1v) is 6.52. The third-order valence-corrected chi connectivity index (χ3v) is 2.97. The predicted octanol–water partition coefficient (Wildman–Crippen LogP) is 2.80. The van der Waals surface area contributed by atoms with Crippen molar-refractivity contribution < 1.29 is 36.6 Å².